The number of nitrogens with zero attached hydrogens (tertiary/aromatic N) is 3. The number of nitrogens with one attached hydrogen (secondary N) is 1. The van der Waals surface area contributed by atoms with E-state index < -0.39 is 40.0 Å². The van der Waals surface area contributed by atoms with E-state index in [1.807, 2.05) is 6.07 Å². The lowest BCUT2D eigenvalue weighted by atomic mass is 10.1. The van der Waals surface area contributed by atoms with E-state index >= 15 is 0 Å². The smallest absolute Gasteiger partial charge is 0.436 e. The standard InChI is InChI=1S/C23H20F3IN4O4/c1-13(15-5-7-16(8-6-15)22(33)34)28-20(32)18-19(23(24,25)26)29-30-9-10-31(35,21(18)30)12-14-3-2-4-17(27)11-14/h2-8,11,13H,9-10,12H2,1H3,(H,28,32)(H,33,34)/t13-,31?/m0/s1. The molecule has 2 aromatic carbocycles. The number of carboxylic acids is 1. The first-order chi connectivity index (χ1) is 16.4. The van der Waals surface area contributed by atoms with Gasteiger partial charge in [-0.3, -0.25) is 4.79 Å². The van der Waals surface area contributed by atoms with Crippen LogP contribution in [-0.4, -0.2) is 33.3 Å². The molecule has 35 heavy (non-hydrogen) atoms. The van der Waals surface area contributed by atoms with E-state index in [0.29, 0.717) is 11.1 Å². The molecule has 8 nitrogen and oxygen atoms in total. The van der Waals surface area contributed by atoms with Gasteiger partial charge in [-0.25, -0.2) is 9.48 Å². The Kier molecular flexibility index (Phi) is 6.64. The van der Waals surface area contributed by atoms with Crippen LogP contribution < -0.4 is 9.96 Å². The zero-order valence-electron chi connectivity index (χ0n) is 18.3. The van der Waals surface area contributed by atoms with Crippen molar-refractivity contribution in [3.8, 4) is 0 Å². The van der Waals surface area contributed by atoms with Gasteiger partial charge in [0, 0.05) is 9.13 Å². The second-order valence-corrected chi connectivity index (χ2v) is 9.54. The number of hydrogen-bond donors (Lipinski definition) is 2. The van der Waals surface area contributed by atoms with E-state index in [0.717, 1.165) is 8.25 Å². The molecule has 1 aliphatic heterocycles. The minimum Gasteiger partial charge on any atom is -0.626 e. The zero-order chi connectivity index (χ0) is 25.5. The SMILES string of the molecule is C[C@H](NC(=O)c1c(C(F)(F)F)nn2c1[N+]([O-])(Cc1cccc(I)c1)CC2)c1ccc(C(=O)O)cc1. The Morgan fingerprint density at radius 1 is 1.26 bits per heavy atom. The molecule has 4 rings (SSSR count). The summed E-state index contributed by atoms with van der Waals surface area (Å²) in [6, 6.07) is 11.9. The Bertz CT molecular complexity index is 1290. The normalized spacial score (nSPS) is 18.2. The molecule has 0 saturated heterocycles. The molecular formula is C23H20F3IN4O4. The van der Waals surface area contributed by atoms with Crippen LogP contribution in [0, 0.1) is 8.78 Å². The molecule has 184 valence electrons. The summed E-state index contributed by atoms with van der Waals surface area (Å²) >= 11 is 2.08. The summed E-state index contributed by atoms with van der Waals surface area (Å²) in [6.07, 6.45) is -4.94. The Labute approximate surface area is 211 Å². The minimum atomic E-state index is -4.94. The number of aromatic carboxylic acids is 1. The number of hydrogen-bond acceptors (Lipinski definition) is 4. The van der Waals surface area contributed by atoms with Crippen molar-refractivity contribution in [2.45, 2.75) is 32.2 Å². The number of aromatic nitrogens is 2. The summed E-state index contributed by atoms with van der Waals surface area (Å²) < 4.78 is 42.3. The van der Waals surface area contributed by atoms with Gasteiger partial charge in [-0.2, -0.15) is 18.3 Å². The lowest BCUT2D eigenvalue weighted by molar-refractivity contribution is -0.141. The van der Waals surface area contributed by atoms with Crippen molar-refractivity contribution in [3.05, 3.63) is 85.3 Å². The Morgan fingerprint density at radius 2 is 1.94 bits per heavy atom. The van der Waals surface area contributed by atoms with E-state index in [1.165, 1.54) is 24.3 Å². The molecule has 2 heterocycles. The molecule has 2 N–H and O–H groups in total. The number of amides is 1. The number of quaternary nitrogens is 1. The molecule has 12 heteroatoms. The number of benzene rings is 2. The van der Waals surface area contributed by atoms with Gasteiger partial charge < -0.3 is 20.3 Å². The number of halogens is 4. The molecule has 0 aliphatic carbocycles. The summed E-state index contributed by atoms with van der Waals surface area (Å²) in [4.78, 5) is 24.2. The monoisotopic (exact) mass is 600 g/mol. The number of carbonyl (C=O) groups excluding carboxylic acids is 1. The lowest BCUT2D eigenvalue weighted by Gasteiger charge is -2.37. The van der Waals surface area contributed by atoms with Crippen molar-refractivity contribution < 1.29 is 27.9 Å². The molecule has 0 spiro atoms. The van der Waals surface area contributed by atoms with Gasteiger partial charge in [0.05, 0.1) is 18.2 Å². The van der Waals surface area contributed by atoms with Crippen molar-refractivity contribution in [2.24, 2.45) is 0 Å². The molecule has 2 atom stereocenters. The fourth-order valence-corrected chi connectivity index (χ4v) is 4.75. The van der Waals surface area contributed by atoms with Gasteiger partial charge in [0.25, 0.3) is 5.91 Å². The van der Waals surface area contributed by atoms with Crippen LogP contribution in [0.5, 0.6) is 0 Å². The van der Waals surface area contributed by atoms with Crippen molar-refractivity contribution in [1.82, 2.24) is 19.7 Å². The highest BCUT2D eigenvalue weighted by Gasteiger charge is 2.48. The third-order valence-corrected chi connectivity index (χ3v) is 6.48. The highest BCUT2D eigenvalue weighted by molar-refractivity contribution is 14.1. The van der Waals surface area contributed by atoms with E-state index in [1.54, 1.807) is 25.1 Å². The molecule has 0 bridgehead atoms. The fourth-order valence-electron chi connectivity index (χ4n) is 4.14. The lowest BCUT2D eigenvalue weighted by Crippen LogP contribution is -2.42. The van der Waals surface area contributed by atoms with Gasteiger partial charge in [0.15, 0.2) is 11.3 Å². The predicted molar refractivity (Wildman–Crippen MR) is 129 cm³/mol. The molecule has 1 aromatic heterocycles. The number of carbonyl (C=O) groups is 2. The molecule has 1 amide bonds. The molecular weight excluding hydrogens is 580 g/mol. The minimum absolute atomic E-state index is 0.0325. The summed E-state index contributed by atoms with van der Waals surface area (Å²) in [5, 5.41) is 28.9. The van der Waals surface area contributed by atoms with Crippen LogP contribution >= 0.6 is 22.6 Å². The van der Waals surface area contributed by atoms with Crippen LogP contribution in [0.2, 0.25) is 0 Å². The highest BCUT2D eigenvalue weighted by atomic mass is 127. The van der Waals surface area contributed by atoms with Crippen molar-refractivity contribution in [3.63, 3.8) is 0 Å². The van der Waals surface area contributed by atoms with Crippen LogP contribution in [0.15, 0.2) is 48.5 Å². The van der Waals surface area contributed by atoms with E-state index in [9.17, 15) is 28.0 Å². The van der Waals surface area contributed by atoms with Crippen molar-refractivity contribution in [2.75, 3.05) is 6.54 Å². The van der Waals surface area contributed by atoms with E-state index in [4.69, 9.17) is 5.11 Å². The number of hydroxylamine groups is 2. The number of alkyl halides is 3. The van der Waals surface area contributed by atoms with Crippen molar-refractivity contribution in [1.29, 1.82) is 0 Å². The van der Waals surface area contributed by atoms with Gasteiger partial charge in [-0.1, -0.05) is 24.3 Å². The summed E-state index contributed by atoms with van der Waals surface area (Å²) in [5.41, 5.74) is -1.04. The first-order valence-electron chi connectivity index (χ1n) is 10.5. The Balaban J connectivity index is 1.70. The molecule has 0 radical (unpaired) electrons. The Morgan fingerprint density at radius 3 is 2.54 bits per heavy atom. The first-order valence-corrected chi connectivity index (χ1v) is 11.6. The molecule has 3 aromatic rings. The first kappa shape index (κ1) is 25.1. The van der Waals surface area contributed by atoms with Gasteiger partial charge >= 0.3 is 12.1 Å². The Hall–Kier alpha value is -2.97. The van der Waals surface area contributed by atoms with Gasteiger partial charge in [-0.15, -0.1) is 0 Å². The maximum atomic E-state index is 13.9. The molecule has 1 aliphatic rings. The van der Waals surface area contributed by atoms with Gasteiger partial charge in [0.1, 0.15) is 13.1 Å². The predicted octanol–water partition coefficient (Wildman–Crippen LogP) is 4.71. The quantitative estimate of drug-likeness (QED) is 0.242. The second kappa shape index (κ2) is 9.24. The maximum absolute atomic E-state index is 13.9. The van der Waals surface area contributed by atoms with Gasteiger partial charge in [-0.05, 0) is 59.3 Å². The van der Waals surface area contributed by atoms with E-state index in [-0.39, 0.29) is 31.0 Å². The fraction of sp³-hybridized carbons (Fsp3) is 0.261. The van der Waals surface area contributed by atoms with Crippen LogP contribution in [0.3, 0.4) is 0 Å². The largest absolute Gasteiger partial charge is 0.626 e. The van der Waals surface area contributed by atoms with E-state index in [2.05, 4.69) is 33.0 Å². The van der Waals surface area contributed by atoms with Crippen LogP contribution in [0.1, 0.15) is 50.5 Å². The third kappa shape index (κ3) is 5.04. The summed E-state index contributed by atoms with van der Waals surface area (Å²) in [7, 11) is 0. The topological polar surface area (TPSA) is 107 Å². The van der Waals surface area contributed by atoms with Crippen LogP contribution in [0.25, 0.3) is 0 Å². The average molecular weight is 600 g/mol. The molecule has 0 fully saturated rings. The zero-order valence-corrected chi connectivity index (χ0v) is 20.5. The number of rotatable bonds is 6. The van der Waals surface area contributed by atoms with Gasteiger partial charge in [0.2, 0.25) is 5.82 Å². The third-order valence-electron chi connectivity index (χ3n) is 5.81. The van der Waals surface area contributed by atoms with Crippen LogP contribution in [-0.2, 0) is 19.3 Å². The molecule has 1 unspecified atom stereocenters. The molecule has 0 saturated carbocycles. The summed E-state index contributed by atoms with van der Waals surface area (Å²) in [6.45, 7) is 1.30. The highest BCUT2D eigenvalue weighted by Crippen LogP contribution is 2.41. The number of carboxylic acid groups (broad SMARTS) is 1. The second-order valence-electron chi connectivity index (χ2n) is 8.29. The van der Waals surface area contributed by atoms with Crippen LogP contribution in [0.4, 0.5) is 19.0 Å². The number of fused-ring (bicyclic) bond motifs is 1. The maximum Gasteiger partial charge on any atom is 0.436 e. The van der Waals surface area contributed by atoms with Crippen molar-refractivity contribution >= 4 is 40.3 Å². The average Bonchev–Trinajstić information content (AvgIpc) is 3.32. The summed E-state index contributed by atoms with van der Waals surface area (Å²) in [5.74, 6) is -2.53.